The van der Waals surface area contributed by atoms with Crippen LogP contribution in [0.25, 0.3) is 0 Å². The molecule has 0 aromatic carbocycles. The zero-order valence-corrected chi connectivity index (χ0v) is 12.9. The first-order valence-electron chi connectivity index (χ1n) is 6.69. The van der Waals surface area contributed by atoms with Gasteiger partial charge >= 0.3 is 6.09 Å². The molecule has 0 bridgehead atoms. The van der Waals surface area contributed by atoms with Crippen LogP contribution in [0, 0.1) is 0 Å². The number of Topliss-reactive ketones (excluding diaryl/α,β-unsaturated/α-hetero) is 1. The van der Waals surface area contributed by atoms with Crippen LogP contribution in [0.5, 0.6) is 0 Å². The molecule has 0 aliphatic heterocycles. The van der Waals surface area contributed by atoms with E-state index < -0.39 is 11.7 Å². The number of amides is 1. The summed E-state index contributed by atoms with van der Waals surface area (Å²) in [6, 6.07) is 0.0363. The second kappa shape index (κ2) is 9.92. The average molecular weight is 259 g/mol. The maximum Gasteiger partial charge on any atom is 0.407 e. The van der Waals surface area contributed by atoms with Crippen LogP contribution in [-0.2, 0) is 9.53 Å². The van der Waals surface area contributed by atoms with Crippen molar-refractivity contribution in [2.75, 3.05) is 0 Å². The third-order valence-electron chi connectivity index (χ3n) is 1.93. The van der Waals surface area contributed by atoms with E-state index in [9.17, 15) is 9.59 Å². The third kappa shape index (κ3) is 14.9. The molecule has 0 aromatic heterocycles. The zero-order chi connectivity index (χ0) is 14.8. The maximum atomic E-state index is 11.4. The van der Waals surface area contributed by atoms with Gasteiger partial charge in [0.25, 0.3) is 0 Å². The summed E-state index contributed by atoms with van der Waals surface area (Å²) in [5, 5.41) is 2.74. The minimum absolute atomic E-state index is 0.0363. The number of hydrogen-bond donors (Lipinski definition) is 1. The lowest BCUT2D eigenvalue weighted by Gasteiger charge is -2.21. The Balaban J connectivity index is 0. The standard InChI is InChI=1S/C12H23NO3.C2H6/c1-9(7-6-8-10(2)14)13-11(15)16-12(3,4)5;1-2/h9H,6-8H2,1-5H3,(H,13,15);1-2H3. The van der Waals surface area contributed by atoms with Crippen LogP contribution in [0.4, 0.5) is 4.79 Å². The number of nitrogens with one attached hydrogen (secondary N) is 1. The molecule has 0 aliphatic carbocycles. The topological polar surface area (TPSA) is 55.4 Å². The van der Waals surface area contributed by atoms with E-state index in [1.165, 1.54) is 0 Å². The maximum absolute atomic E-state index is 11.4. The molecule has 4 heteroatoms. The molecule has 0 heterocycles. The summed E-state index contributed by atoms with van der Waals surface area (Å²) in [5.41, 5.74) is -0.469. The molecule has 0 rings (SSSR count). The molecule has 1 unspecified atom stereocenters. The molecule has 0 fully saturated rings. The molecular formula is C14H29NO3. The molecule has 0 aromatic rings. The van der Waals surface area contributed by atoms with E-state index in [1.807, 2.05) is 41.5 Å². The molecule has 1 amide bonds. The smallest absolute Gasteiger partial charge is 0.407 e. The SMILES string of the molecule is CC.CC(=O)CCCC(C)NC(=O)OC(C)(C)C. The highest BCUT2D eigenvalue weighted by Crippen LogP contribution is 2.08. The largest absolute Gasteiger partial charge is 0.444 e. The second-order valence-corrected chi connectivity index (χ2v) is 5.14. The third-order valence-corrected chi connectivity index (χ3v) is 1.93. The molecule has 0 saturated carbocycles. The van der Waals surface area contributed by atoms with Crippen molar-refractivity contribution in [1.82, 2.24) is 5.32 Å². The normalized spacial score (nSPS) is 11.9. The van der Waals surface area contributed by atoms with E-state index in [1.54, 1.807) is 6.92 Å². The van der Waals surface area contributed by atoms with Crippen molar-refractivity contribution in [1.29, 1.82) is 0 Å². The Labute approximate surface area is 111 Å². The Kier molecular flexibility index (Phi) is 10.6. The molecular weight excluding hydrogens is 230 g/mol. The second-order valence-electron chi connectivity index (χ2n) is 5.14. The van der Waals surface area contributed by atoms with Crippen molar-refractivity contribution in [2.24, 2.45) is 0 Å². The quantitative estimate of drug-likeness (QED) is 0.819. The van der Waals surface area contributed by atoms with E-state index >= 15 is 0 Å². The van der Waals surface area contributed by atoms with Crippen LogP contribution >= 0.6 is 0 Å². The van der Waals surface area contributed by atoms with Crippen LogP contribution in [0.3, 0.4) is 0 Å². The van der Waals surface area contributed by atoms with Crippen molar-refractivity contribution >= 4 is 11.9 Å². The lowest BCUT2D eigenvalue weighted by molar-refractivity contribution is -0.117. The van der Waals surface area contributed by atoms with Crippen molar-refractivity contribution in [3.05, 3.63) is 0 Å². The van der Waals surface area contributed by atoms with Crippen LogP contribution < -0.4 is 5.32 Å². The highest BCUT2D eigenvalue weighted by molar-refractivity contribution is 5.75. The van der Waals surface area contributed by atoms with Crippen molar-refractivity contribution in [3.8, 4) is 0 Å². The highest BCUT2D eigenvalue weighted by atomic mass is 16.6. The predicted molar refractivity (Wildman–Crippen MR) is 74.7 cm³/mol. The van der Waals surface area contributed by atoms with E-state index in [-0.39, 0.29) is 11.8 Å². The van der Waals surface area contributed by atoms with Gasteiger partial charge in [0.1, 0.15) is 11.4 Å². The number of rotatable bonds is 5. The molecule has 0 radical (unpaired) electrons. The first-order chi connectivity index (χ1) is 8.20. The van der Waals surface area contributed by atoms with Crippen LogP contribution in [0.1, 0.15) is 67.7 Å². The summed E-state index contributed by atoms with van der Waals surface area (Å²) < 4.78 is 5.12. The Hall–Kier alpha value is -1.06. The van der Waals surface area contributed by atoms with Gasteiger partial charge in [0.15, 0.2) is 0 Å². The van der Waals surface area contributed by atoms with Gasteiger partial charge in [-0.2, -0.15) is 0 Å². The summed E-state index contributed by atoms with van der Waals surface area (Å²) in [7, 11) is 0. The molecule has 18 heavy (non-hydrogen) atoms. The summed E-state index contributed by atoms with van der Waals surface area (Å²) in [6.45, 7) is 13.0. The van der Waals surface area contributed by atoms with Crippen molar-refractivity contribution < 1.29 is 14.3 Å². The molecule has 0 aliphatic rings. The Bertz CT molecular complexity index is 244. The Morgan fingerprint density at radius 1 is 1.22 bits per heavy atom. The molecule has 4 nitrogen and oxygen atoms in total. The first-order valence-corrected chi connectivity index (χ1v) is 6.69. The monoisotopic (exact) mass is 259 g/mol. The number of carbonyl (C=O) groups excluding carboxylic acids is 2. The molecule has 0 saturated heterocycles. The molecule has 1 atom stereocenters. The van der Waals surface area contributed by atoms with Gasteiger partial charge in [0.05, 0.1) is 0 Å². The summed E-state index contributed by atoms with van der Waals surface area (Å²) in [5.74, 6) is 0.185. The van der Waals surface area contributed by atoms with E-state index in [0.717, 1.165) is 12.8 Å². The van der Waals surface area contributed by atoms with Gasteiger partial charge in [-0.15, -0.1) is 0 Å². The van der Waals surface area contributed by atoms with E-state index in [0.29, 0.717) is 6.42 Å². The minimum atomic E-state index is -0.469. The summed E-state index contributed by atoms with van der Waals surface area (Å²) in [4.78, 5) is 22.1. The van der Waals surface area contributed by atoms with Gasteiger partial charge in [-0.3, -0.25) is 0 Å². The van der Waals surface area contributed by atoms with E-state index in [2.05, 4.69) is 5.32 Å². The Morgan fingerprint density at radius 3 is 2.11 bits per heavy atom. The van der Waals surface area contributed by atoms with Gasteiger partial charge in [-0.25, -0.2) is 4.79 Å². The number of ketones is 1. The van der Waals surface area contributed by atoms with Crippen molar-refractivity contribution in [3.63, 3.8) is 0 Å². The van der Waals surface area contributed by atoms with Gasteiger partial charge < -0.3 is 14.8 Å². The van der Waals surface area contributed by atoms with Crippen LogP contribution in [0.15, 0.2) is 0 Å². The summed E-state index contributed by atoms with van der Waals surface area (Å²) in [6.07, 6.45) is 1.76. The van der Waals surface area contributed by atoms with Crippen LogP contribution in [-0.4, -0.2) is 23.5 Å². The summed E-state index contributed by atoms with van der Waals surface area (Å²) >= 11 is 0. The fourth-order valence-electron chi connectivity index (χ4n) is 1.24. The molecule has 0 spiro atoms. The van der Waals surface area contributed by atoms with Crippen LogP contribution in [0.2, 0.25) is 0 Å². The fourth-order valence-corrected chi connectivity index (χ4v) is 1.24. The van der Waals surface area contributed by atoms with E-state index in [4.69, 9.17) is 4.74 Å². The van der Waals surface area contributed by atoms with Gasteiger partial charge in [-0.1, -0.05) is 13.8 Å². The number of alkyl carbamates (subject to hydrolysis) is 1. The fraction of sp³-hybridized carbons (Fsp3) is 0.857. The zero-order valence-electron chi connectivity index (χ0n) is 12.9. The lowest BCUT2D eigenvalue weighted by atomic mass is 10.1. The van der Waals surface area contributed by atoms with Gasteiger partial charge in [-0.05, 0) is 47.5 Å². The lowest BCUT2D eigenvalue weighted by Crippen LogP contribution is -2.37. The molecule has 1 N–H and O–H groups in total. The van der Waals surface area contributed by atoms with Gasteiger partial charge in [0, 0.05) is 12.5 Å². The predicted octanol–water partition coefficient (Wildman–Crippen LogP) is 3.69. The number of ether oxygens (including phenoxy) is 1. The first kappa shape index (κ1) is 19.3. The molecule has 108 valence electrons. The number of hydrogen-bond acceptors (Lipinski definition) is 3. The van der Waals surface area contributed by atoms with Gasteiger partial charge in [0.2, 0.25) is 0 Å². The van der Waals surface area contributed by atoms with Crippen molar-refractivity contribution in [2.45, 2.75) is 79.4 Å². The highest BCUT2D eigenvalue weighted by Gasteiger charge is 2.17. The minimum Gasteiger partial charge on any atom is -0.444 e. The Morgan fingerprint density at radius 2 is 1.72 bits per heavy atom. The average Bonchev–Trinajstić information content (AvgIpc) is 2.16. The number of carbonyl (C=O) groups is 2.